The fourth-order valence-corrected chi connectivity index (χ4v) is 3.20. The van der Waals surface area contributed by atoms with Crippen molar-refractivity contribution >= 4 is 32.6 Å². The van der Waals surface area contributed by atoms with Gasteiger partial charge in [-0.1, -0.05) is 17.4 Å². The Hall–Kier alpha value is -2.60. The van der Waals surface area contributed by atoms with Crippen LogP contribution >= 0.6 is 11.3 Å². The molecule has 0 aliphatic heterocycles. The number of aromatic nitrogens is 1. The van der Waals surface area contributed by atoms with Crippen molar-refractivity contribution in [3.8, 4) is 11.5 Å². The van der Waals surface area contributed by atoms with Crippen LogP contribution in [0.5, 0.6) is 11.5 Å². The Morgan fingerprint density at radius 1 is 1.13 bits per heavy atom. The van der Waals surface area contributed by atoms with E-state index in [1.807, 2.05) is 19.1 Å². The third kappa shape index (κ3) is 3.12. The Labute approximate surface area is 137 Å². The first-order valence-electron chi connectivity index (χ1n) is 7.01. The fourth-order valence-electron chi connectivity index (χ4n) is 2.24. The molecule has 0 aliphatic carbocycles. The van der Waals surface area contributed by atoms with Crippen LogP contribution in [0.2, 0.25) is 0 Å². The average Bonchev–Trinajstić information content (AvgIpc) is 2.95. The molecule has 0 aliphatic rings. The van der Waals surface area contributed by atoms with E-state index in [-0.39, 0.29) is 5.91 Å². The predicted octanol–water partition coefficient (Wildman–Crippen LogP) is 3.87. The van der Waals surface area contributed by atoms with Crippen molar-refractivity contribution in [2.45, 2.75) is 6.92 Å². The smallest absolute Gasteiger partial charge is 0.261 e. The largest absolute Gasteiger partial charge is 0.497 e. The summed E-state index contributed by atoms with van der Waals surface area (Å²) in [6.07, 6.45) is 0. The van der Waals surface area contributed by atoms with Crippen molar-refractivity contribution in [1.29, 1.82) is 0 Å². The molecule has 1 heterocycles. The van der Waals surface area contributed by atoms with E-state index in [0.717, 1.165) is 15.8 Å². The molecular weight excluding hydrogens is 312 g/mol. The summed E-state index contributed by atoms with van der Waals surface area (Å²) in [6, 6.07) is 11.1. The quantitative estimate of drug-likeness (QED) is 0.790. The second-order valence-corrected chi connectivity index (χ2v) is 6.04. The van der Waals surface area contributed by atoms with Gasteiger partial charge in [-0.25, -0.2) is 4.98 Å². The summed E-state index contributed by atoms with van der Waals surface area (Å²) in [7, 11) is 3.08. The summed E-state index contributed by atoms with van der Waals surface area (Å²) in [6.45, 7) is 2.03. The summed E-state index contributed by atoms with van der Waals surface area (Å²) in [5.41, 5.74) is 2.43. The van der Waals surface area contributed by atoms with Crippen LogP contribution in [-0.2, 0) is 0 Å². The number of rotatable bonds is 4. The van der Waals surface area contributed by atoms with Crippen LogP contribution in [0.4, 0.5) is 5.13 Å². The van der Waals surface area contributed by atoms with Gasteiger partial charge in [-0.3, -0.25) is 10.1 Å². The number of carbonyl (C=O) groups is 1. The maximum absolute atomic E-state index is 12.5. The molecule has 1 N–H and O–H groups in total. The topological polar surface area (TPSA) is 60.5 Å². The first-order chi connectivity index (χ1) is 11.1. The zero-order valence-electron chi connectivity index (χ0n) is 13.0. The second-order valence-electron chi connectivity index (χ2n) is 5.01. The van der Waals surface area contributed by atoms with Crippen molar-refractivity contribution in [2.24, 2.45) is 0 Å². The number of anilines is 1. The highest BCUT2D eigenvalue weighted by Gasteiger charge is 2.15. The van der Waals surface area contributed by atoms with Crippen molar-refractivity contribution in [2.75, 3.05) is 19.5 Å². The van der Waals surface area contributed by atoms with Gasteiger partial charge in [0, 0.05) is 0 Å². The molecule has 3 rings (SSSR count). The molecule has 6 heteroatoms. The van der Waals surface area contributed by atoms with Gasteiger partial charge in [-0.05, 0) is 42.8 Å². The zero-order chi connectivity index (χ0) is 16.4. The minimum absolute atomic E-state index is 0.281. The maximum Gasteiger partial charge on any atom is 0.261 e. The lowest BCUT2D eigenvalue weighted by Gasteiger charge is -2.09. The van der Waals surface area contributed by atoms with Crippen LogP contribution in [0.25, 0.3) is 10.2 Å². The number of nitrogens with zero attached hydrogens (tertiary/aromatic N) is 1. The highest BCUT2D eigenvalue weighted by molar-refractivity contribution is 7.22. The van der Waals surface area contributed by atoms with Crippen molar-refractivity contribution < 1.29 is 14.3 Å². The van der Waals surface area contributed by atoms with E-state index < -0.39 is 0 Å². The summed E-state index contributed by atoms with van der Waals surface area (Å²) < 4.78 is 11.5. The molecule has 0 radical (unpaired) electrons. The Kier molecular flexibility index (Phi) is 4.16. The number of amides is 1. The molecule has 0 bridgehead atoms. The Morgan fingerprint density at radius 2 is 1.96 bits per heavy atom. The van der Waals surface area contributed by atoms with Crippen molar-refractivity contribution in [3.05, 3.63) is 47.5 Å². The monoisotopic (exact) mass is 328 g/mol. The van der Waals surface area contributed by atoms with E-state index in [2.05, 4.69) is 16.4 Å². The van der Waals surface area contributed by atoms with Gasteiger partial charge in [0.1, 0.15) is 11.5 Å². The van der Waals surface area contributed by atoms with Crippen LogP contribution in [0.15, 0.2) is 36.4 Å². The number of fused-ring (bicyclic) bond motifs is 1. The number of methoxy groups -OCH3 is 2. The number of ether oxygens (including phenoxy) is 2. The molecule has 5 nitrogen and oxygen atoms in total. The third-order valence-electron chi connectivity index (χ3n) is 3.42. The van der Waals surface area contributed by atoms with Crippen molar-refractivity contribution in [3.63, 3.8) is 0 Å². The Morgan fingerprint density at radius 3 is 2.70 bits per heavy atom. The molecule has 0 saturated carbocycles. The molecule has 23 heavy (non-hydrogen) atoms. The molecule has 1 amide bonds. The number of hydrogen-bond donors (Lipinski definition) is 1. The normalized spacial score (nSPS) is 10.6. The average molecular weight is 328 g/mol. The zero-order valence-corrected chi connectivity index (χ0v) is 13.9. The number of carbonyl (C=O) groups excluding carboxylic acids is 1. The van der Waals surface area contributed by atoms with Crippen LogP contribution < -0.4 is 14.8 Å². The standard InChI is InChI=1S/C17H16N2O3S/c1-10-4-6-13-15(8-10)23-17(18-13)19-16(20)12-9-11(21-2)5-7-14(12)22-3/h4-9H,1-3H3,(H,18,19,20). The van der Waals surface area contributed by atoms with Gasteiger partial charge < -0.3 is 9.47 Å². The van der Waals surface area contributed by atoms with Gasteiger partial charge in [-0.2, -0.15) is 0 Å². The highest BCUT2D eigenvalue weighted by atomic mass is 32.1. The van der Waals surface area contributed by atoms with E-state index in [0.29, 0.717) is 22.2 Å². The van der Waals surface area contributed by atoms with Crippen LogP contribution in [0, 0.1) is 6.92 Å². The molecule has 0 unspecified atom stereocenters. The van der Waals surface area contributed by atoms with Gasteiger partial charge in [0.15, 0.2) is 5.13 Å². The van der Waals surface area contributed by atoms with Crippen LogP contribution in [0.1, 0.15) is 15.9 Å². The molecule has 0 fully saturated rings. The van der Waals surface area contributed by atoms with Crippen molar-refractivity contribution in [1.82, 2.24) is 4.98 Å². The summed E-state index contributed by atoms with van der Waals surface area (Å²) in [5, 5.41) is 3.38. The van der Waals surface area contributed by atoms with Gasteiger partial charge in [0.05, 0.1) is 30.0 Å². The second kappa shape index (κ2) is 6.26. The predicted molar refractivity (Wildman–Crippen MR) is 91.9 cm³/mol. The minimum atomic E-state index is -0.281. The van der Waals surface area contributed by atoms with E-state index in [4.69, 9.17) is 9.47 Å². The summed E-state index contributed by atoms with van der Waals surface area (Å²) in [5.74, 6) is 0.799. The number of hydrogen-bond acceptors (Lipinski definition) is 5. The van der Waals surface area contributed by atoms with E-state index in [1.54, 1.807) is 25.3 Å². The minimum Gasteiger partial charge on any atom is -0.497 e. The Balaban J connectivity index is 1.90. The van der Waals surface area contributed by atoms with Crippen LogP contribution in [0.3, 0.4) is 0 Å². The molecule has 118 valence electrons. The first-order valence-corrected chi connectivity index (χ1v) is 7.83. The summed E-state index contributed by atoms with van der Waals surface area (Å²) >= 11 is 1.44. The molecule has 0 saturated heterocycles. The van der Waals surface area contributed by atoms with Gasteiger partial charge in [0.2, 0.25) is 0 Å². The third-order valence-corrected chi connectivity index (χ3v) is 4.35. The molecular formula is C17H16N2O3S. The van der Waals surface area contributed by atoms with Gasteiger partial charge in [0.25, 0.3) is 5.91 Å². The molecule has 1 aromatic heterocycles. The lowest BCUT2D eigenvalue weighted by Crippen LogP contribution is -2.13. The molecule has 3 aromatic rings. The SMILES string of the molecule is COc1ccc(OC)c(C(=O)Nc2nc3ccc(C)cc3s2)c1. The Bertz CT molecular complexity index is 873. The van der Waals surface area contributed by atoms with E-state index in [9.17, 15) is 4.79 Å². The lowest BCUT2D eigenvalue weighted by molar-refractivity contribution is 0.102. The molecule has 2 aromatic carbocycles. The number of thiazole rings is 1. The fraction of sp³-hybridized carbons (Fsp3) is 0.176. The molecule has 0 atom stereocenters. The first kappa shape index (κ1) is 15.3. The highest BCUT2D eigenvalue weighted by Crippen LogP contribution is 2.29. The molecule has 0 spiro atoms. The van der Waals surface area contributed by atoms with Gasteiger partial charge in [-0.15, -0.1) is 0 Å². The van der Waals surface area contributed by atoms with Gasteiger partial charge >= 0.3 is 0 Å². The van der Waals surface area contributed by atoms with Crippen LogP contribution in [-0.4, -0.2) is 25.1 Å². The maximum atomic E-state index is 12.5. The summed E-state index contributed by atoms with van der Waals surface area (Å²) in [4.78, 5) is 17.0. The lowest BCUT2D eigenvalue weighted by atomic mass is 10.1. The number of nitrogens with one attached hydrogen (secondary N) is 1. The number of benzene rings is 2. The number of aryl methyl sites for hydroxylation is 1. The van der Waals surface area contributed by atoms with E-state index >= 15 is 0 Å². The van der Waals surface area contributed by atoms with E-state index in [1.165, 1.54) is 18.4 Å².